The Bertz CT molecular complexity index is 816. The van der Waals surface area contributed by atoms with E-state index in [1.165, 1.54) is 31.9 Å². The summed E-state index contributed by atoms with van der Waals surface area (Å²) in [5, 5.41) is 13.8. The smallest absolute Gasteiger partial charge is 0.273 e. The Hall–Kier alpha value is -3.23. The molecule has 2 aromatic heterocycles. The standard InChI is InChI=1S/C12H10N6O3/c1-21-9-4-7(18(19)20)2-3-8(9)17-12-10-11(14-5-13-10)15-6-16-12/h2-6H,1H3,(H2,13,14,15,16,17). The molecular formula is C12H10N6O3. The lowest BCUT2D eigenvalue weighted by molar-refractivity contribution is -0.384. The number of H-pyrrole nitrogens is 1. The summed E-state index contributed by atoms with van der Waals surface area (Å²) in [5.74, 6) is 0.847. The highest BCUT2D eigenvalue weighted by Crippen LogP contribution is 2.31. The Morgan fingerprint density at radius 1 is 1.33 bits per heavy atom. The van der Waals surface area contributed by atoms with Crippen molar-refractivity contribution in [2.75, 3.05) is 12.4 Å². The van der Waals surface area contributed by atoms with Crippen LogP contribution >= 0.6 is 0 Å². The zero-order valence-electron chi connectivity index (χ0n) is 10.9. The van der Waals surface area contributed by atoms with Crippen molar-refractivity contribution in [2.24, 2.45) is 0 Å². The molecular weight excluding hydrogens is 276 g/mol. The lowest BCUT2D eigenvalue weighted by Gasteiger charge is -2.10. The van der Waals surface area contributed by atoms with Crippen LogP contribution in [0.1, 0.15) is 0 Å². The Balaban J connectivity index is 2.01. The van der Waals surface area contributed by atoms with E-state index < -0.39 is 4.92 Å². The minimum Gasteiger partial charge on any atom is -0.494 e. The number of hydrogen-bond acceptors (Lipinski definition) is 7. The van der Waals surface area contributed by atoms with Crippen molar-refractivity contribution in [3.05, 3.63) is 41.0 Å². The van der Waals surface area contributed by atoms with Crippen molar-refractivity contribution < 1.29 is 9.66 Å². The first kappa shape index (κ1) is 12.8. The van der Waals surface area contributed by atoms with Crippen LogP contribution in [0, 0.1) is 10.1 Å². The third-order valence-corrected chi connectivity index (χ3v) is 2.87. The van der Waals surface area contributed by atoms with Crippen molar-refractivity contribution >= 4 is 28.4 Å². The number of benzene rings is 1. The summed E-state index contributed by atoms with van der Waals surface area (Å²) < 4.78 is 5.17. The first-order valence-corrected chi connectivity index (χ1v) is 5.92. The fourth-order valence-electron chi connectivity index (χ4n) is 1.88. The Morgan fingerprint density at radius 3 is 2.95 bits per heavy atom. The molecule has 0 radical (unpaired) electrons. The first-order chi connectivity index (χ1) is 10.2. The molecule has 0 unspecified atom stereocenters. The summed E-state index contributed by atoms with van der Waals surface area (Å²) in [6.45, 7) is 0. The molecule has 3 aromatic rings. The van der Waals surface area contributed by atoms with Crippen LogP contribution in [-0.4, -0.2) is 32.0 Å². The van der Waals surface area contributed by atoms with Gasteiger partial charge in [-0.15, -0.1) is 0 Å². The quantitative estimate of drug-likeness (QED) is 0.556. The molecule has 0 aliphatic carbocycles. The van der Waals surface area contributed by atoms with Gasteiger partial charge >= 0.3 is 0 Å². The predicted molar refractivity (Wildman–Crippen MR) is 74.6 cm³/mol. The van der Waals surface area contributed by atoms with E-state index in [-0.39, 0.29) is 5.69 Å². The number of ether oxygens (including phenoxy) is 1. The summed E-state index contributed by atoms with van der Waals surface area (Å²) in [5.41, 5.74) is 1.66. The van der Waals surface area contributed by atoms with Crippen LogP contribution in [-0.2, 0) is 0 Å². The molecule has 21 heavy (non-hydrogen) atoms. The summed E-state index contributed by atoms with van der Waals surface area (Å²) >= 11 is 0. The molecule has 1 aromatic carbocycles. The van der Waals surface area contributed by atoms with Crippen LogP contribution < -0.4 is 10.1 Å². The van der Waals surface area contributed by atoms with Gasteiger partial charge in [0.1, 0.15) is 17.6 Å². The molecule has 0 aliphatic heterocycles. The van der Waals surface area contributed by atoms with Crippen molar-refractivity contribution in [3.63, 3.8) is 0 Å². The largest absolute Gasteiger partial charge is 0.494 e. The minimum atomic E-state index is -0.482. The van der Waals surface area contributed by atoms with Gasteiger partial charge in [0.05, 0.1) is 30.1 Å². The molecule has 106 valence electrons. The number of non-ortho nitro benzene ring substituents is 1. The number of aromatic nitrogens is 4. The molecule has 0 bridgehead atoms. The van der Waals surface area contributed by atoms with Crippen molar-refractivity contribution in [1.29, 1.82) is 0 Å². The first-order valence-electron chi connectivity index (χ1n) is 5.92. The molecule has 0 aliphatic rings. The molecule has 2 heterocycles. The molecule has 0 saturated carbocycles. The summed E-state index contributed by atoms with van der Waals surface area (Å²) in [6, 6.07) is 4.28. The van der Waals surface area contributed by atoms with Crippen LogP contribution in [0.5, 0.6) is 5.75 Å². The maximum absolute atomic E-state index is 10.8. The number of anilines is 2. The van der Waals surface area contributed by atoms with Crippen LogP contribution in [0.25, 0.3) is 11.2 Å². The van der Waals surface area contributed by atoms with Gasteiger partial charge in [-0.3, -0.25) is 10.1 Å². The van der Waals surface area contributed by atoms with E-state index in [1.807, 2.05) is 0 Å². The number of fused-ring (bicyclic) bond motifs is 1. The summed E-state index contributed by atoms with van der Waals surface area (Å²) in [7, 11) is 1.44. The highest BCUT2D eigenvalue weighted by atomic mass is 16.6. The highest BCUT2D eigenvalue weighted by Gasteiger charge is 2.13. The van der Waals surface area contributed by atoms with E-state index in [2.05, 4.69) is 25.3 Å². The number of hydrogen-bond donors (Lipinski definition) is 2. The second-order valence-electron chi connectivity index (χ2n) is 4.09. The third-order valence-electron chi connectivity index (χ3n) is 2.87. The number of nitrogens with one attached hydrogen (secondary N) is 2. The van der Waals surface area contributed by atoms with E-state index in [0.29, 0.717) is 28.4 Å². The number of nitro benzene ring substituents is 1. The van der Waals surface area contributed by atoms with Crippen LogP contribution in [0.4, 0.5) is 17.2 Å². The average Bonchev–Trinajstić information content (AvgIpc) is 2.97. The topological polar surface area (TPSA) is 119 Å². The van der Waals surface area contributed by atoms with E-state index in [1.54, 1.807) is 6.07 Å². The van der Waals surface area contributed by atoms with Gasteiger partial charge in [0, 0.05) is 6.07 Å². The zero-order chi connectivity index (χ0) is 14.8. The lowest BCUT2D eigenvalue weighted by Crippen LogP contribution is -1.99. The maximum Gasteiger partial charge on any atom is 0.273 e. The van der Waals surface area contributed by atoms with Crippen molar-refractivity contribution in [3.8, 4) is 5.75 Å². The molecule has 9 heteroatoms. The second-order valence-corrected chi connectivity index (χ2v) is 4.09. The molecule has 9 nitrogen and oxygen atoms in total. The third kappa shape index (κ3) is 2.31. The Morgan fingerprint density at radius 2 is 2.19 bits per heavy atom. The number of rotatable bonds is 4. The van der Waals surface area contributed by atoms with E-state index >= 15 is 0 Å². The van der Waals surface area contributed by atoms with Crippen molar-refractivity contribution in [1.82, 2.24) is 19.9 Å². The van der Waals surface area contributed by atoms with Crippen LogP contribution in [0.15, 0.2) is 30.9 Å². The van der Waals surface area contributed by atoms with E-state index in [0.717, 1.165) is 0 Å². The number of nitro groups is 1. The van der Waals surface area contributed by atoms with Gasteiger partial charge in [-0.1, -0.05) is 0 Å². The molecule has 0 amide bonds. The van der Waals surface area contributed by atoms with Crippen LogP contribution in [0.2, 0.25) is 0 Å². The monoisotopic (exact) mass is 286 g/mol. The molecule has 0 fully saturated rings. The van der Waals surface area contributed by atoms with Gasteiger partial charge in [-0.2, -0.15) is 0 Å². The van der Waals surface area contributed by atoms with Gasteiger partial charge in [0.15, 0.2) is 11.5 Å². The molecule has 0 saturated heterocycles. The lowest BCUT2D eigenvalue weighted by atomic mass is 10.2. The van der Waals surface area contributed by atoms with Gasteiger partial charge in [-0.25, -0.2) is 15.0 Å². The van der Waals surface area contributed by atoms with Gasteiger partial charge in [0.25, 0.3) is 5.69 Å². The van der Waals surface area contributed by atoms with E-state index in [4.69, 9.17) is 4.74 Å². The molecule has 3 rings (SSSR count). The minimum absolute atomic E-state index is 0.0493. The van der Waals surface area contributed by atoms with Gasteiger partial charge in [0.2, 0.25) is 0 Å². The number of methoxy groups -OCH3 is 1. The molecule has 0 atom stereocenters. The fourth-order valence-corrected chi connectivity index (χ4v) is 1.88. The highest BCUT2D eigenvalue weighted by molar-refractivity contribution is 5.85. The summed E-state index contributed by atoms with van der Waals surface area (Å²) in [6.07, 6.45) is 2.89. The summed E-state index contributed by atoms with van der Waals surface area (Å²) in [4.78, 5) is 25.4. The number of aromatic amines is 1. The fraction of sp³-hybridized carbons (Fsp3) is 0.0833. The number of imidazole rings is 1. The second kappa shape index (κ2) is 5.04. The Kier molecular flexibility index (Phi) is 3.07. The molecule has 2 N–H and O–H groups in total. The zero-order valence-corrected chi connectivity index (χ0v) is 10.9. The van der Waals surface area contributed by atoms with Crippen LogP contribution in [0.3, 0.4) is 0 Å². The SMILES string of the molecule is COc1cc([N+](=O)[O-])ccc1Nc1ncnc2nc[nH]c12. The van der Waals surface area contributed by atoms with E-state index in [9.17, 15) is 10.1 Å². The normalized spacial score (nSPS) is 10.5. The van der Waals surface area contributed by atoms with Gasteiger partial charge in [-0.05, 0) is 6.07 Å². The predicted octanol–water partition coefficient (Wildman–Crippen LogP) is 2.01. The number of nitrogens with zero attached hydrogens (tertiary/aromatic N) is 4. The average molecular weight is 286 g/mol. The molecule has 0 spiro atoms. The van der Waals surface area contributed by atoms with Gasteiger partial charge < -0.3 is 15.0 Å². The van der Waals surface area contributed by atoms with Crippen molar-refractivity contribution in [2.45, 2.75) is 0 Å². The maximum atomic E-state index is 10.8. The Labute approximate surface area is 118 Å².